The van der Waals surface area contributed by atoms with E-state index in [0.29, 0.717) is 43.2 Å². The number of nitrogens with zero attached hydrogens (tertiary/aromatic N) is 2. The van der Waals surface area contributed by atoms with Gasteiger partial charge in [-0.05, 0) is 55.0 Å². The molecular formula is C34H24ClFN2O6S. The van der Waals surface area contributed by atoms with Crippen LogP contribution < -0.4 is 14.9 Å². The Morgan fingerprint density at radius 2 is 1.78 bits per heavy atom. The number of ether oxygens (including phenoxy) is 2. The second kappa shape index (κ2) is 12.5. The van der Waals surface area contributed by atoms with E-state index in [1.54, 1.807) is 43.3 Å². The number of hydrogen-bond acceptors (Lipinski definition) is 8. The molecule has 0 spiro atoms. The lowest BCUT2D eigenvalue weighted by molar-refractivity contribution is -0.138. The summed E-state index contributed by atoms with van der Waals surface area (Å²) in [7, 11) is 1.27. The van der Waals surface area contributed by atoms with E-state index in [9.17, 15) is 18.8 Å². The Bertz CT molecular complexity index is 2150. The molecule has 0 radical (unpaired) electrons. The molecule has 0 N–H and O–H groups in total. The van der Waals surface area contributed by atoms with Crippen molar-refractivity contribution in [3.05, 3.63) is 143 Å². The fourth-order valence-electron chi connectivity index (χ4n) is 5.06. The van der Waals surface area contributed by atoms with E-state index >= 15 is 0 Å². The number of thiazole rings is 1. The third-order valence-corrected chi connectivity index (χ3v) is 8.43. The number of benzene rings is 3. The van der Waals surface area contributed by atoms with Crippen LogP contribution in [0.4, 0.5) is 4.39 Å². The molecule has 0 saturated carbocycles. The Labute approximate surface area is 264 Å². The summed E-state index contributed by atoms with van der Waals surface area (Å²) in [6.07, 6.45) is 1.59. The fourth-order valence-corrected chi connectivity index (χ4v) is 6.24. The van der Waals surface area contributed by atoms with Gasteiger partial charge < -0.3 is 13.9 Å². The first-order chi connectivity index (χ1) is 21.8. The Morgan fingerprint density at radius 1 is 1.02 bits per heavy atom. The summed E-state index contributed by atoms with van der Waals surface area (Å²) < 4.78 is 32.0. The summed E-state index contributed by atoms with van der Waals surface area (Å²) in [5.41, 5.74) is 2.06. The number of aromatic nitrogens is 1. The Hall–Kier alpha value is -5.06. The highest BCUT2D eigenvalue weighted by Crippen LogP contribution is 2.35. The predicted octanol–water partition coefficient (Wildman–Crippen LogP) is 5.77. The SMILES string of the molecule is CCOC(=O)C1=C(c2ccccc2)N=c2s/c(=C\c3ccc(-c4ccc(Cl)c(C(=O)OC)c4)o3)c(=O)n2[C@H]1c1ccc(F)cc1. The van der Waals surface area contributed by atoms with Crippen LogP contribution >= 0.6 is 22.9 Å². The number of carbonyl (C=O) groups excluding carboxylic acids is 2. The summed E-state index contributed by atoms with van der Waals surface area (Å²) in [6, 6.07) is 22.1. The van der Waals surface area contributed by atoms with E-state index in [-0.39, 0.29) is 22.8 Å². The standard InChI is InChI=1S/C34H24ClFN2O6S/c1-3-43-33(41)28-29(19-7-5-4-6-8-19)37-34-38(30(28)20-9-12-22(36)13-10-20)31(39)27(45-34)18-23-14-16-26(44-23)21-11-15-25(35)24(17-21)32(40)42-2/h4-18,30H,3H2,1-2H3/b27-18-/t30-/m0/s1. The van der Waals surface area contributed by atoms with Crippen molar-refractivity contribution in [1.29, 1.82) is 0 Å². The first kappa shape index (κ1) is 30.0. The van der Waals surface area contributed by atoms with Gasteiger partial charge in [-0.3, -0.25) is 9.36 Å². The highest BCUT2D eigenvalue weighted by molar-refractivity contribution is 7.07. The lowest BCUT2D eigenvalue weighted by Gasteiger charge is -2.25. The number of halogens is 2. The van der Waals surface area contributed by atoms with Crippen LogP contribution in [0.1, 0.15) is 40.2 Å². The van der Waals surface area contributed by atoms with E-state index in [0.717, 1.165) is 11.3 Å². The van der Waals surface area contributed by atoms with Crippen molar-refractivity contribution in [1.82, 2.24) is 4.57 Å². The zero-order valence-electron chi connectivity index (χ0n) is 24.0. The number of hydrogen-bond donors (Lipinski definition) is 0. The molecule has 11 heteroatoms. The van der Waals surface area contributed by atoms with E-state index in [1.165, 1.54) is 35.9 Å². The minimum atomic E-state index is -0.934. The van der Waals surface area contributed by atoms with Gasteiger partial charge in [0.2, 0.25) is 0 Å². The van der Waals surface area contributed by atoms with Gasteiger partial charge in [-0.1, -0.05) is 65.4 Å². The van der Waals surface area contributed by atoms with E-state index in [4.69, 9.17) is 30.5 Å². The monoisotopic (exact) mass is 642 g/mol. The van der Waals surface area contributed by atoms with E-state index < -0.39 is 29.4 Å². The third kappa shape index (κ3) is 5.77. The molecule has 8 nitrogen and oxygen atoms in total. The van der Waals surface area contributed by atoms with Gasteiger partial charge in [-0.25, -0.2) is 19.0 Å². The topological polar surface area (TPSA) is 100 Å². The molecule has 3 aromatic carbocycles. The Morgan fingerprint density at radius 3 is 2.49 bits per heavy atom. The van der Waals surface area contributed by atoms with Crippen molar-refractivity contribution in [2.75, 3.05) is 13.7 Å². The van der Waals surface area contributed by atoms with Crippen LogP contribution in [0.25, 0.3) is 23.1 Å². The van der Waals surface area contributed by atoms with Crippen molar-refractivity contribution in [2.45, 2.75) is 13.0 Å². The van der Waals surface area contributed by atoms with Gasteiger partial charge in [-0.2, -0.15) is 0 Å². The molecular weight excluding hydrogens is 619 g/mol. The summed E-state index contributed by atoms with van der Waals surface area (Å²) in [6.45, 7) is 1.81. The molecule has 1 aliphatic rings. The van der Waals surface area contributed by atoms with Crippen LogP contribution in [0.5, 0.6) is 0 Å². The number of carbonyl (C=O) groups is 2. The van der Waals surface area contributed by atoms with Crippen LogP contribution in [-0.4, -0.2) is 30.2 Å². The van der Waals surface area contributed by atoms with Gasteiger partial charge in [0.05, 0.1) is 46.1 Å². The maximum Gasteiger partial charge on any atom is 0.339 e. The first-order valence-electron chi connectivity index (χ1n) is 13.8. The van der Waals surface area contributed by atoms with Crippen molar-refractivity contribution < 1.29 is 27.9 Å². The molecule has 226 valence electrons. The fraction of sp³-hybridized carbons (Fsp3) is 0.118. The molecule has 3 heterocycles. The van der Waals surface area contributed by atoms with Crippen molar-refractivity contribution in [2.24, 2.45) is 4.99 Å². The maximum absolute atomic E-state index is 14.0. The van der Waals surface area contributed by atoms with Gasteiger partial charge in [0.25, 0.3) is 5.56 Å². The van der Waals surface area contributed by atoms with Crippen LogP contribution in [0.2, 0.25) is 5.02 Å². The minimum absolute atomic E-state index is 0.112. The quantitative estimate of drug-likeness (QED) is 0.209. The minimum Gasteiger partial charge on any atom is -0.465 e. The number of esters is 2. The predicted molar refractivity (Wildman–Crippen MR) is 168 cm³/mol. The molecule has 6 rings (SSSR count). The maximum atomic E-state index is 14.0. The largest absolute Gasteiger partial charge is 0.465 e. The van der Waals surface area contributed by atoms with Crippen LogP contribution in [0.3, 0.4) is 0 Å². The second-order valence-electron chi connectivity index (χ2n) is 9.87. The van der Waals surface area contributed by atoms with Gasteiger partial charge in [0.1, 0.15) is 17.3 Å². The molecule has 2 aromatic heterocycles. The van der Waals surface area contributed by atoms with Crippen LogP contribution in [0.15, 0.2) is 105 Å². The number of fused-ring (bicyclic) bond motifs is 1. The highest BCUT2D eigenvalue weighted by Gasteiger charge is 2.35. The summed E-state index contributed by atoms with van der Waals surface area (Å²) in [5.74, 6) is -0.854. The molecule has 0 aliphatic carbocycles. The number of rotatable bonds is 7. The van der Waals surface area contributed by atoms with E-state index in [2.05, 4.69) is 0 Å². The molecule has 45 heavy (non-hydrogen) atoms. The zero-order valence-corrected chi connectivity index (χ0v) is 25.5. The smallest absolute Gasteiger partial charge is 0.339 e. The molecule has 0 fully saturated rings. The number of furan rings is 1. The van der Waals surface area contributed by atoms with Crippen molar-refractivity contribution in [3.8, 4) is 11.3 Å². The normalized spacial score (nSPS) is 14.6. The molecule has 0 amide bonds. The zero-order chi connectivity index (χ0) is 31.7. The van der Waals surface area contributed by atoms with E-state index in [1.807, 2.05) is 30.3 Å². The van der Waals surface area contributed by atoms with Crippen molar-refractivity contribution in [3.63, 3.8) is 0 Å². The summed E-state index contributed by atoms with van der Waals surface area (Å²) in [4.78, 5) is 44.8. The lowest BCUT2D eigenvalue weighted by atomic mass is 9.93. The van der Waals surface area contributed by atoms with Gasteiger partial charge >= 0.3 is 11.9 Å². The average Bonchev–Trinajstić information content (AvgIpc) is 3.65. The first-order valence-corrected chi connectivity index (χ1v) is 15.0. The Balaban J connectivity index is 1.52. The van der Waals surface area contributed by atoms with Crippen LogP contribution in [0, 0.1) is 5.82 Å². The van der Waals surface area contributed by atoms with Crippen LogP contribution in [-0.2, 0) is 14.3 Å². The second-order valence-corrected chi connectivity index (χ2v) is 11.3. The average molecular weight is 643 g/mol. The molecule has 5 aromatic rings. The van der Waals surface area contributed by atoms with Gasteiger partial charge in [0.15, 0.2) is 4.80 Å². The third-order valence-electron chi connectivity index (χ3n) is 7.12. The summed E-state index contributed by atoms with van der Waals surface area (Å²) in [5, 5.41) is 0.242. The molecule has 0 bridgehead atoms. The Kier molecular flexibility index (Phi) is 8.34. The highest BCUT2D eigenvalue weighted by atomic mass is 35.5. The van der Waals surface area contributed by atoms with Gasteiger partial charge in [-0.15, -0.1) is 0 Å². The molecule has 1 atom stereocenters. The van der Waals surface area contributed by atoms with Crippen molar-refractivity contribution >= 4 is 46.6 Å². The van der Waals surface area contributed by atoms with Gasteiger partial charge in [0, 0.05) is 17.2 Å². The lowest BCUT2D eigenvalue weighted by Crippen LogP contribution is -2.40. The molecule has 1 aliphatic heterocycles. The molecule has 0 unspecified atom stereocenters. The summed E-state index contributed by atoms with van der Waals surface area (Å²) >= 11 is 7.29. The molecule has 0 saturated heterocycles. The number of methoxy groups -OCH3 is 1.